The predicted octanol–water partition coefficient (Wildman–Crippen LogP) is 7.83. The molecule has 0 heterocycles. The van der Waals surface area contributed by atoms with Crippen molar-refractivity contribution < 1.29 is 19.1 Å². The molecule has 0 radical (unpaired) electrons. The molecular weight excluding hydrogens is 388 g/mol. The minimum atomic E-state index is -1.05. The van der Waals surface area contributed by atoms with Gasteiger partial charge in [-0.05, 0) is 32.1 Å². The predicted molar refractivity (Wildman–Crippen MR) is 128 cm³/mol. The molecule has 0 spiro atoms. The fourth-order valence-corrected chi connectivity index (χ4v) is 4.47. The molecule has 4 nitrogen and oxygen atoms in total. The molecule has 0 aromatic heterocycles. The number of esters is 2. The van der Waals surface area contributed by atoms with Crippen LogP contribution in [-0.2, 0) is 19.1 Å². The summed E-state index contributed by atoms with van der Waals surface area (Å²) in [7, 11) is 0. The van der Waals surface area contributed by atoms with Crippen LogP contribution in [0.15, 0.2) is 12.7 Å². The van der Waals surface area contributed by atoms with E-state index in [1.54, 1.807) is 0 Å². The Morgan fingerprint density at radius 2 is 1.23 bits per heavy atom. The summed E-state index contributed by atoms with van der Waals surface area (Å²) in [4.78, 5) is 24.6. The lowest BCUT2D eigenvalue weighted by atomic mass is 10.0. The van der Waals surface area contributed by atoms with E-state index >= 15 is 0 Å². The van der Waals surface area contributed by atoms with E-state index in [9.17, 15) is 9.59 Å². The molecule has 1 fully saturated rings. The van der Waals surface area contributed by atoms with Crippen LogP contribution in [0.2, 0.25) is 0 Å². The Morgan fingerprint density at radius 1 is 0.774 bits per heavy atom. The molecule has 1 saturated carbocycles. The van der Waals surface area contributed by atoms with E-state index in [0.29, 0.717) is 19.3 Å². The third kappa shape index (κ3) is 13.0. The SMILES string of the molecule is C=CCOC(=O)C1(OC(=O)CCCCCCCCCCCCCCCCC)CCCC1. The standard InChI is InChI=1S/C27H48O4/c1-3-5-6-7-8-9-10-11-12-13-14-15-16-17-18-21-25(28)31-27(22-19-20-23-27)26(29)30-24-4-2/h4H,2-3,5-24H2,1H3. The quantitative estimate of drug-likeness (QED) is 0.111. The number of ether oxygens (including phenoxy) is 2. The van der Waals surface area contributed by atoms with Gasteiger partial charge in [0.25, 0.3) is 0 Å². The highest BCUT2D eigenvalue weighted by atomic mass is 16.6. The summed E-state index contributed by atoms with van der Waals surface area (Å²) in [5, 5.41) is 0. The second kappa shape index (κ2) is 18.3. The van der Waals surface area contributed by atoms with Crippen molar-refractivity contribution in [2.24, 2.45) is 0 Å². The van der Waals surface area contributed by atoms with E-state index in [4.69, 9.17) is 9.47 Å². The van der Waals surface area contributed by atoms with Gasteiger partial charge < -0.3 is 9.47 Å². The van der Waals surface area contributed by atoms with Crippen LogP contribution >= 0.6 is 0 Å². The van der Waals surface area contributed by atoms with Gasteiger partial charge in [0, 0.05) is 6.42 Å². The van der Waals surface area contributed by atoms with Crippen molar-refractivity contribution >= 4 is 11.9 Å². The summed E-state index contributed by atoms with van der Waals surface area (Å²) in [5.41, 5.74) is -1.05. The minimum absolute atomic E-state index is 0.164. The highest BCUT2D eigenvalue weighted by molar-refractivity contribution is 5.84. The number of rotatable bonds is 20. The molecule has 0 unspecified atom stereocenters. The largest absolute Gasteiger partial charge is 0.459 e. The Kier molecular flexibility index (Phi) is 16.3. The molecule has 0 atom stereocenters. The zero-order valence-electron chi connectivity index (χ0n) is 20.3. The molecule has 4 heteroatoms. The van der Waals surface area contributed by atoms with Crippen LogP contribution in [0.25, 0.3) is 0 Å². The second-order valence-electron chi connectivity index (χ2n) is 9.26. The first-order chi connectivity index (χ1) is 15.1. The van der Waals surface area contributed by atoms with Crippen LogP contribution in [0.3, 0.4) is 0 Å². The smallest absolute Gasteiger partial charge is 0.350 e. The van der Waals surface area contributed by atoms with Gasteiger partial charge in [0.1, 0.15) is 6.61 Å². The molecule has 0 amide bonds. The lowest BCUT2D eigenvalue weighted by Crippen LogP contribution is -2.42. The molecule has 0 N–H and O–H groups in total. The van der Waals surface area contributed by atoms with Crippen LogP contribution in [0.4, 0.5) is 0 Å². The molecule has 1 aliphatic rings. The average Bonchev–Trinajstić information content (AvgIpc) is 3.24. The van der Waals surface area contributed by atoms with Crippen LogP contribution < -0.4 is 0 Å². The van der Waals surface area contributed by atoms with Crippen LogP contribution in [0, 0.1) is 0 Å². The van der Waals surface area contributed by atoms with Crippen LogP contribution in [0.5, 0.6) is 0 Å². The fourth-order valence-electron chi connectivity index (χ4n) is 4.47. The topological polar surface area (TPSA) is 52.6 Å². The Morgan fingerprint density at radius 3 is 1.68 bits per heavy atom. The van der Waals surface area contributed by atoms with E-state index < -0.39 is 11.6 Å². The summed E-state index contributed by atoms with van der Waals surface area (Å²) in [6, 6.07) is 0. The summed E-state index contributed by atoms with van der Waals surface area (Å²) in [6.45, 7) is 6.00. The lowest BCUT2D eigenvalue weighted by molar-refractivity contribution is -0.181. The highest BCUT2D eigenvalue weighted by Crippen LogP contribution is 2.35. The molecule has 180 valence electrons. The van der Waals surface area contributed by atoms with Gasteiger partial charge in [-0.1, -0.05) is 109 Å². The normalized spacial score (nSPS) is 15.0. The van der Waals surface area contributed by atoms with E-state index in [0.717, 1.165) is 25.7 Å². The van der Waals surface area contributed by atoms with Crippen molar-refractivity contribution in [1.82, 2.24) is 0 Å². The van der Waals surface area contributed by atoms with Crippen molar-refractivity contribution in [2.75, 3.05) is 6.61 Å². The molecule has 0 bridgehead atoms. The molecule has 0 saturated heterocycles. The number of unbranched alkanes of at least 4 members (excludes halogenated alkanes) is 14. The van der Waals surface area contributed by atoms with E-state index in [-0.39, 0.29) is 12.6 Å². The van der Waals surface area contributed by atoms with Crippen molar-refractivity contribution in [3.05, 3.63) is 12.7 Å². The zero-order valence-corrected chi connectivity index (χ0v) is 20.3. The molecule has 1 aliphatic carbocycles. The van der Waals surface area contributed by atoms with E-state index in [1.165, 1.54) is 89.5 Å². The average molecular weight is 437 g/mol. The van der Waals surface area contributed by atoms with E-state index in [1.807, 2.05) is 0 Å². The zero-order chi connectivity index (χ0) is 22.6. The van der Waals surface area contributed by atoms with Gasteiger partial charge in [0.05, 0.1) is 0 Å². The monoisotopic (exact) mass is 436 g/mol. The maximum Gasteiger partial charge on any atom is 0.350 e. The number of carbonyl (C=O) groups is 2. The Labute approximate surface area is 191 Å². The lowest BCUT2D eigenvalue weighted by Gasteiger charge is -2.26. The van der Waals surface area contributed by atoms with Crippen molar-refractivity contribution in [3.63, 3.8) is 0 Å². The molecule has 1 rings (SSSR count). The molecule has 0 aromatic rings. The Balaban J connectivity index is 1.97. The molecule has 0 aromatic carbocycles. The third-order valence-electron chi connectivity index (χ3n) is 6.41. The first kappa shape index (κ1) is 27.7. The summed E-state index contributed by atoms with van der Waals surface area (Å²) < 4.78 is 10.8. The van der Waals surface area contributed by atoms with Gasteiger partial charge in [-0.25, -0.2) is 4.79 Å². The number of hydrogen-bond donors (Lipinski definition) is 0. The first-order valence-corrected chi connectivity index (χ1v) is 13.1. The highest BCUT2D eigenvalue weighted by Gasteiger charge is 2.46. The summed E-state index contributed by atoms with van der Waals surface area (Å²) >= 11 is 0. The summed E-state index contributed by atoms with van der Waals surface area (Å²) in [6.07, 6.45) is 24.4. The minimum Gasteiger partial charge on any atom is -0.459 e. The van der Waals surface area contributed by atoms with Crippen LogP contribution in [-0.4, -0.2) is 24.1 Å². The number of hydrogen-bond acceptors (Lipinski definition) is 4. The fraction of sp³-hybridized carbons (Fsp3) is 0.852. The first-order valence-electron chi connectivity index (χ1n) is 13.1. The third-order valence-corrected chi connectivity index (χ3v) is 6.41. The summed E-state index contributed by atoms with van der Waals surface area (Å²) in [5.74, 6) is -0.665. The maximum absolute atomic E-state index is 12.3. The second-order valence-corrected chi connectivity index (χ2v) is 9.26. The van der Waals surface area contributed by atoms with Crippen molar-refractivity contribution in [3.8, 4) is 0 Å². The van der Waals surface area contributed by atoms with Gasteiger partial charge >= 0.3 is 11.9 Å². The Hall–Kier alpha value is -1.32. The van der Waals surface area contributed by atoms with Gasteiger partial charge in [0.2, 0.25) is 5.60 Å². The van der Waals surface area contributed by atoms with E-state index in [2.05, 4.69) is 13.5 Å². The number of carbonyl (C=O) groups excluding carboxylic acids is 2. The molecular formula is C27H48O4. The van der Waals surface area contributed by atoms with Gasteiger partial charge in [-0.3, -0.25) is 4.79 Å². The van der Waals surface area contributed by atoms with Gasteiger partial charge in [-0.2, -0.15) is 0 Å². The van der Waals surface area contributed by atoms with Crippen LogP contribution in [0.1, 0.15) is 135 Å². The molecule has 0 aliphatic heterocycles. The van der Waals surface area contributed by atoms with Crippen molar-refractivity contribution in [1.29, 1.82) is 0 Å². The van der Waals surface area contributed by atoms with Crippen molar-refractivity contribution in [2.45, 2.75) is 141 Å². The maximum atomic E-state index is 12.3. The Bertz CT molecular complexity index is 480. The molecule has 31 heavy (non-hydrogen) atoms. The van der Waals surface area contributed by atoms with Gasteiger partial charge in [-0.15, -0.1) is 0 Å². The van der Waals surface area contributed by atoms with Gasteiger partial charge in [0.15, 0.2) is 0 Å².